The van der Waals surface area contributed by atoms with Crippen molar-refractivity contribution in [3.63, 3.8) is 0 Å². The molecule has 0 fully saturated rings. The third-order valence-corrected chi connectivity index (χ3v) is 3.65. The number of carboxylic acids is 1. The van der Waals surface area contributed by atoms with E-state index in [0.717, 1.165) is 18.8 Å². The van der Waals surface area contributed by atoms with Crippen molar-refractivity contribution in [1.29, 1.82) is 0 Å². The van der Waals surface area contributed by atoms with E-state index in [1.165, 1.54) is 44.9 Å². The molecule has 0 aliphatic heterocycles. The molecule has 0 amide bonds. The number of hydrogen-bond donors (Lipinski definition) is 1. The molecule has 0 aromatic rings. The van der Waals surface area contributed by atoms with E-state index in [2.05, 4.69) is 13.8 Å². The Labute approximate surface area is 112 Å². The minimum atomic E-state index is -0.791. The van der Waals surface area contributed by atoms with Gasteiger partial charge >= 0.3 is 5.97 Å². The molecule has 2 nitrogen and oxygen atoms in total. The lowest BCUT2D eigenvalue weighted by Crippen LogP contribution is -1.98. The molecule has 106 valence electrons. The number of hydrogen-bond acceptors (Lipinski definition) is 1. The Hall–Kier alpha value is -0.790. The van der Waals surface area contributed by atoms with E-state index in [-0.39, 0.29) is 0 Å². The molecule has 2 heteroatoms. The van der Waals surface area contributed by atoms with Crippen LogP contribution in [-0.4, -0.2) is 11.1 Å². The van der Waals surface area contributed by atoms with E-state index in [0.29, 0.717) is 5.57 Å². The third-order valence-electron chi connectivity index (χ3n) is 3.65. The Kier molecular flexibility index (Phi) is 10.8. The van der Waals surface area contributed by atoms with Crippen LogP contribution in [0.25, 0.3) is 0 Å². The number of aliphatic carboxylic acids is 1. The molecule has 0 heterocycles. The first-order valence-corrected chi connectivity index (χ1v) is 7.51. The fourth-order valence-corrected chi connectivity index (χ4v) is 2.21. The van der Waals surface area contributed by atoms with Crippen molar-refractivity contribution in [2.45, 2.75) is 78.6 Å². The highest BCUT2D eigenvalue weighted by atomic mass is 16.4. The molecule has 1 N–H and O–H groups in total. The van der Waals surface area contributed by atoms with E-state index >= 15 is 0 Å². The first-order valence-electron chi connectivity index (χ1n) is 7.51. The van der Waals surface area contributed by atoms with Gasteiger partial charge in [-0.1, -0.05) is 64.9 Å². The van der Waals surface area contributed by atoms with E-state index in [1.807, 2.05) is 6.08 Å². The van der Waals surface area contributed by atoms with Crippen LogP contribution >= 0.6 is 0 Å². The Morgan fingerprint density at radius 2 is 1.78 bits per heavy atom. The third kappa shape index (κ3) is 9.26. The fraction of sp³-hybridized carbons (Fsp3) is 0.812. The molecule has 0 saturated heterocycles. The molecular formula is C16H30O2. The van der Waals surface area contributed by atoms with Crippen LogP contribution in [0.2, 0.25) is 0 Å². The molecule has 0 aliphatic rings. The van der Waals surface area contributed by atoms with Crippen LogP contribution in [0.15, 0.2) is 11.6 Å². The van der Waals surface area contributed by atoms with E-state index in [1.54, 1.807) is 6.92 Å². The van der Waals surface area contributed by atoms with Gasteiger partial charge in [0.2, 0.25) is 0 Å². The quantitative estimate of drug-likeness (QED) is 0.407. The Morgan fingerprint density at radius 1 is 1.11 bits per heavy atom. The largest absolute Gasteiger partial charge is 0.478 e. The topological polar surface area (TPSA) is 37.3 Å². The second kappa shape index (κ2) is 11.3. The zero-order chi connectivity index (χ0) is 13.8. The number of allylic oxidation sites excluding steroid dienone is 1. The van der Waals surface area contributed by atoms with Gasteiger partial charge in [-0.3, -0.25) is 0 Å². The van der Waals surface area contributed by atoms with Gasteiger partial charge in [0, 0.05) is 5.57 Å². The zero-order valence-corrected chi connectivity index (χ0v) is 12.4. The smallest absolute Gasteiger partial charge is 0.330 e. The lowest BCUT2D eigenvalue weighted by atomic mass is 9.93. The second-order valence-corrected chi connectivity index (χ2v) is 5.25. The van der Waals surface area contributed by atoms with Crippen molar-refractivity contribution in [3.8, 4) is 0 Å². The summed E-state index contributed by atoms with van der Waals surface area (Å²) in [5.41, 5.74) is 0.476. The Morgan fingerprint density at radius 3 is 2.33 bits per heavy atom. The molecular weight excluding hydrogens is 224 g/mol. The highest BCUT2D eigenvalue weighted by molar-refractivity contribution is 5.85. The van der Waals surface area contributed by atoms with Crippen LogP contribution in [-0.2, 0) is 4.79 Å². The maximum atomic E-state index is 10.6. The van der Waals surface area contributed by atoms with Crippen molar-refractivity contribution in [2.24, 2.45) is 5.92 Å². The molecule has 1 unspecified atom stereocenters. The summed E-state index contributed by atoms with van der Waals surface area (Å²) in [7, 11) is 0. The highest BCUT2D eigenvalue weighted by Gasteiger charge is 2.05. The van der Waals surface area contributed by atoms with Gasteiger partial charge in [0.15, 0.2) is 0 Å². The lowest BCUT2D eigenvalue weighted by Gasteiger charge is -2.13. The van der Waals surface area contributed by atoms with Gasteiger partial charge in [0.1, 0.15) is 0 Å². The summed E-state index contributed by atoms with van der Waals surface area (Å²) in [6.45, 7) is 6.21. The lowest BCUT2D eigenvalue weighted by molar-refractivity contribution is -0.132. The van der Waals surface area contributed by atoms with Gasteiger partial charge in [-0.15, -0.1) is 0 Å². The molecule has 0 bridgehead atoms. The number of carboxylic acid groups (broad SMARTS) is 1. The maximum absolute atomic E-state index is 10.6. The highest BCUT2D eigenvalue weighted by Crippen LogP contribution is 2.20. The number of rotatable bonds is 11. The van der Waals surface area contributed by atoms with Gasteiger partial charge in [-0.2, -0.15) is 0 Å². The zero-order valence-electron chi connectivity index (χ0n) is 12.4. The van der Waals surface area contributed by atoms with Crippen molar-refractivity contribution in [3.05, 3.63) is 11.6 Å². The maximum Gasteiger partial charge on any atom is 0.330 e. The van der Waals surface area contributed by atoms with Crippen LogP contribution in [0.3, 0.4) is 0 Å². The van der Waals surface area contributed by atoms with Crippen LogP contribution in [0, 0.1) is 5.92 Å². The van der Waals surface area contributed by atoms with Gasteiger partial charge in [-0.05, 0) is 25.7 Å². The normalized spacial score (nSPS) is 13.6. The van der Waals surface area contributed by atoms with Crippen molar-refractivity contribution >= 4 is 5.97 Å². The van der Waals surface area contributed by atoms with Gasteiger partial charge in [0.25, 0.3) is 0 Å². The molecule has 1 atom stereocenters. The summed E-state index contributed by atoms with van der Waals surface area (Å²) in [4.78, 5) is 10.6. The fourth-order valence-electron chi connectivity index (χ4n) is 2.21. The number of carbonyl (C=O) groups is 1. The second-order valence-electron chi connectivity index (χ2n) is 5.25. The standard InChI is InChI=1S/C16H30O2/c1-4-6-12-15(5-2)13-10-8-7-9-11-14(3)16(17)18/h11,15H,4-10,12-13H2,1-3H3,(H,17,18). The van der Waals surface area contributed by atoms with Crippen molar-refractivity contribution in [2.75, 3.05) is 0 Å². The van der Waals surface area contributed by atoms with Crippen LogP contribution in [0.5, 0.6) is 0 Å². The average molecular weight is 254 g/mol. The predicted octanol–water partition coefficient (Wildman–Crippen LogP) is 5.18. The van der Waals surface area contributed by atoms with Gasteiger partial charge in [0.05, 0.1) is 0 Å². The predicted molar refractivity (Wildman–Crippen MR) is 77.8 cm³/mol. The van der Waals surface area contributed by atoms with E-state index < -0.39 is 5.97 Å². The summed E-state index contributed by atoms with van der Waals surface area (Å²) in [6.07, 6.45) is 13.1. The summed E-state index contributed by atoms with van der Waals surface area (Å²) in [6, 6.07) is 0. The molecule has 0 aliphatic carbocycles. The molecule has 0 rings (SSSR count). The van der Waals surface area contributed by atoms with Crippen molar-refractivity contribution < 1.29 is 9.90 Å². The van der Waals surface area contributed by atoms with Crippen molar-refractivity contribution in [1.82, 2.24) is 0 Å². The minimum absolute atomic E-state index is 0.476. The molecule has 18 heavy (non-hydrogen) atoms. The van der Waals surface area contributed by atoms with Crippen LogP contribution in [0.4, 0.5) is 0 Å². The molecule has 0 aromatic heterocycles. The van der Waals surface area contributed by atoms with E-state index in [4.69, 9.17) is 5.11 Å². The molecule has 0 radical (unpaired) electrons. The van der Waals surface area contributed by atoms with Crippen LogP contribution in [0.1, 0.15) is 78.6 Å². The summed E-state index contributed by atoms with van der Waals surface area (Å²) < 4.78 is 0. The van der Waals surface area contributed by atoms with E-state index in [9.17, 15) is 4.79 Å². The summed E-state index contributed by atoms with van der Waals surface area (Å²) in [5.74, 6) is 0.113. The Balaban J connectivity index is 3.54. The molecule has 0 spiro atoms. The average Bonchev–Trinajstić information content (AvgIpc) is 2.36. The van der Waals surface area contributed by atoms with Gasteiger partial charge < -0.3 is 5.11 Å². The summed E-state index contributed by atoms with van der Waals surface area (Å²) in [5, 5.41) is 8.70. The minimum Gasteiger partial charge on any atom is -0.478 e. The SMILES string of the molecule is CCCCC(CC)CCCCCC=C(C)C(=O)O. The van der Waals surface area contributed by atoms with Gasteiger partial charge in [-0.25, -0.2) is 4.79 Å². The summed E-state index contributed by atoms with van der Waals surface area (Å²) >= 11 is 0. The monoisotopic (exact) mass is 254 g/mol. The first-order chi connectivity index (χ1) is 8.61. The molecule has 0 aromatic carbocycles. The van der Waals surface area contributed by atoms with Crippen LogP contribution < -0.4 is 0 Å². The Bertz CT molecular complexity index is 243. The first kappa shape index (κ1) is 17.2. The molecule has 0 saturated carbocycles. The number of unbranched alkanes of at least 4 members (excludes halogenated alkanes) is 4.